The molecule has 4 aromatic carbocycles. The maximum absolute atomic E-state index is 13.1. The molecule has 0 bridgehead atoms. The van der Waals surface area contributed by atoms with E-state index < -0.39 is 0 Å². The Hall–Kier alpha value is -3.45. The lowest BCUT2D eigenvalue weighted by molar-refractivity contribution is 0.104. The van der Waals surface area contributed by atoms with Gasteiger partial charge in [-0.1, -0.05) is 108 Å². The van der Waals surface area contributed by atoms with Crippen molar-refractivity contribution in [2.45, 2.75) is 61.8 Å². The van der Waals surface area contributed by atoms with Gasteiger partial charge in [-0.05, 0) is 76.6 Å². The van der Waals surface area contributed by atoms with Gasteiger partial charge in [-0.2, -0.15) is 0 Å². The summed E-state index contributed by atoms with van der Waals surface area (Å²) in [5.41, 5.74) is 13.8. The van der Waals surface area contributed by atoms with Crippen molar-refractivity contribution in [1.29, 1.82) is 0 Å². The van der Waals surface area contributed by atoms with Gasteiger partial charge >= 0.3 is 0 Å². The lowest BCUT2D eigenvalue weighted by atomic mass is 9.81. The van der Waals surface area contributed by atoms with Gasteiger partial charge in [-0.25, -0.2) is 0 Å². The van der Waals surface area contributed by atoms with Crippen LogP contribution in [0.25, 0.3) is 33.4 Å². The van der Waals surface area contributed by atoms with Crippen molar-refractivity contribution in [1.82, 2.24) is 0 Å². The van der Waals surface area contributed by atoms with E-state index >= 15 is 0 Å². The summed E-state index contributed by atoms with van der Waals surface area (Å²) in [7, 11) is 0. The summed E-state index contributed by atoms with van der Waals surface area (Å²) < 4.78 is 0. The predicted molar refractivity (Wildman–Crippen MR) is 153 cm³/mol. The van der Waals surface area contributed by atoms with Gasteiger partial charge in [0.1, 0.15) is 0 Å². The second-order valence-corrected chi connectivity index (χ2v) is 9.57. The Balaban J connectivity index is 0.000000835. The van der Waals surface area contributed by atoms with Crippen LogP contribution in [0.3, 0.4) is 0 Å². The van der Waals surface area contributed by atoms with Crippen LogP contribution in [0.15, 0.2) is 72.8 Å². The number of fused-ring (bicyclic) bond motifs is 6. The van der Waals surface area contributed by atoms with Crippen molar-refractivity contribution < 1.29 is 4.79 Å². The normalized spacial score (nSPS) is 13.3. The van der Waals surface area contributed by atoms with E-state index in [-0.39, 0.29) is 26.1 Å². The van der Waals surface area contributed by atoms with Crippen LogP contribution in [0.5, 0.6) is 0 Å². The largest absolute Gasteiger partial charge is 0.289 e. The summed E-state index contributed by atoms with van der Waals surface area (Å²) in [5.74, 6) is 0.139. The van der Waals surface area contributed by atoms with E-state index in [1.165, 1.54) is 33.4 Å². The molecule has 0 atom stereocenters. The molecular weight excluding hydrogens is 424 g/mol. The van der Waals surface area contributed by atoms with Gasteiger partial charge in [0.25, 0.3) is 0 Å². The van der Waals surface area contributed by atoms with E-state index in [1.54, 1.807) is 0 Å². The fourth-order valence-corrected chi connectivity index (χ4v) is 5.40. The molecule has 0 N–H and O–H groups in total. The predicted octanol–water partition coefficient (Wildman–Crippen LogP) is 9.79. The van der Waals surface area contributed by atoms with Crippen LogP contribution in [0.4, 0.5) is 0 Å². The topological polar surface area (TPSA) is 17.1 Å². The zero-order valence-electron chi connectivity index (χ0n) is 20.3. The molecule has 0 unspecified atom stereocenters. The lowest BCUT2D eigenvalue weighted by Gasteiger charge is -2.22. The van der Waals surface area contributed by atoms with Gasteiger partial charge in [-0.3, -0.25) is 4.79 Å². The van der Waals surface area contributed by atoms with Crippen LogP contribution in [0.1, 0.15) is 80.7 Å². The van der Waals surface area contributed by atoms with Crippen LogP contribution in [0.2, 0.25) is 0 Å². The Morgan fingerprint density at radius 3 is 1.57 bits per heavy atom. The molecule has 0 saturated carbocycles. The van der Waals surface area contributed by atoms with Crippen LogP contribution >= 0.6 is 0 Å². The van der Waals surface area contributed by atoms with Crippen molar-refractivity contribution in [3.8, 4) is 33.4 Å². The standard InChI is InChI=1S/C30H24O.C2H6.2CH4/c1-17-5-9-21-22-11-7-19(15-26(22)29(31)25(21)13-17)20-8-12-24-23-10-6-18(2)14-27(23)30(3,4)28(24)16-20;1-2;;/h5-16H,1-4H3;1-2H3;2*1H4. The molecule has 6 rings (SSSR count). The molecule has 0 aromatic heterocycles. The van der Waals surface area contributed by atoms with Gasteiger partial charge in [0.2, 0.25) is 0 Å². The monoisotopic (exact) mass is 462 g/mol. The lowest BCUT2D eigenvalue weighted by Crippen LogP contribution is -2.15. The molecule has 180 valence electrons. The first-order valence-electron chi connectivity index (χ1n) is 11.9. The van der Waals surface area contributed by atoms with Gasteiger partial charge < -0.3 is 0 Å². The Labute approximate surface area is 211 Å². The molecule has 0 amide bonds. The maximum Gasteiger partial charge on any atom is 0.194 e. The summed E-state index contributed by atoms with van der Waals surface area (Å²) in [6, 6.07) is 26.1. The minimum absolute atomic E-state index is 0. The second kappa shape index (κ2) is 9.30. The van der Waals surface area contributed by atoms with E-state index in [4.69, 9.17) is 0 Å². The highest BCUT2D eigenvalue weighted by Crippen LogP contribution is 2.50. The number of hydrogen-bond donors (Lipinski definition) is 0. The van der Waals surface area contributed by atoms with Crippen molar-refractivity contribution in [2.24, 2.45) is 0 Å². The molecule has 2 aliphatic carbocycles. The SMILES string of the molecule is C.C.CC.Cc1ccc2c(c1)C(=O)c1cc(-c3ccc4c(c3)C(C)(C)c3cc(C)ccc3-4)ccc1-2. The molecular formula is C34H38O. The Morgan fingerprint density at radius 1 is 0.514 bits per heavy atom. The zero-order valence-corrected chi connectivity index (χ0v) is 20.3. The number of benzene rings is 4. The number of carbonyl (C=O) groups excluding carboxylic acids is 1. The van der Waals surface area contributed by atoms with Crippen LogP contribution in [-0.2, 0) is 5.41 Å². The third-order valence-electron chi connectivity index (χ3n) is 7.14. The summed E-state index contributed by atoms with van der Waals surface area (Å²) >= 11 is 0. The van der Waals surface area contributed by atoms with Crippen LogP contribution < -0.4 is 0 Å². The van der Waals surface area contributed by atoms with Gasteiger partial charge in [0.05, 0.1) is 0 Å². The fraction of sp³-hybridized carbons (Fsp3) is 0.265. The van der Waals surface area contributed by atoms with Crippen LogP contribution in [-0.4, -0.2) is 5.78 Å². The molecule has 35 heavy (non-hydrogen) atoms. The highest BCUT2D eigenvalue weighted by molar-refractivity contribution is 6.22. The van der Waals surface area contributed by atoms with Crippen molar-refractivity contribution in [3.63, 3.8) is 0 Å². The van der Waals surface area contributed by atoms with Gasteiger partial charge in [0, 0.05) is 16.5 Å². The summed E-state index contributed by atoms with van der Waals surface area (Å²) in [5, 5.41) is 0. The first-order chi connectivity index (χ1) is 15.8. The summed E-state index contributed by atoms with van der Waals surface area (Å²) in [4.78, 5) is 13.1. The molecule has 4 aromatic rings. The number of aryl methyl sites for hydroxylation is 2. The highest BCUT2D eigenvalue weighted by atomic mass is 16.1. The Morgan fingerprint density at radius 2 is 0.943 bits per heavy atom. The number of rotatable bonds is 1. The highest BCUT2D eigenvalue weighted by Gasteiger charge is 2.35. The third-order valence-corrected chi connectivity index (χ3v) is 7.14. The van der Waals surface area contributed by atoms with Gasteiger partial charge in [-0.15, -0.1) is 0 Å². The zero-order chi connectivity index (χ0) is 23.5. The first-order valence-corrected chi connectivity index (χ1v) is 11.9. The smallest absolute Gasteiger partial charge is 0.194 e. The number of carbonyl (C=O) groups is 1. The average molecular weight is 463 g/mol. The Bertz CT molecular complexity index is 1440. The fourth-order valence-electron chi connectivity index (χ4n) is 5.40. The molecule has 0 spiro atoms. The second-order valence-electron chi connectivity index (χ2n) is 9.57. The van der Waals surface area contributed by atoms with Crippen molar-refractivity contribution in [3.05, 3.63) is 106 Å². The quantitative estimate of drug-likeness (QED) is 0.242. The van der Waals surface area contributed by atoms with E-state index in [0.29, 0.717) is 0 Å². The maximum atomic E-state index is 13.1. The summed E-state index contributed by atoms with van der Waals surface area (Å²) in [6.07, 6.45) is 0. The molecule has 0 fully saturated rings. The van der Waals surface area contributed by atoms with E-state index in [9.17, 15) is 4.79 Å². The molecule has 1 nitrogen and oxygen atoms in total. The third kappa shape index (κ3) is 3.84. The number of ketones is 1. The van der Waals surface area contributed by atoms with Crippen molar-refractivity contribution >= 4 is 5.78 Å². The Kier molecular flexibility index (Phi) is 6.95. The molecule has 1 heteroatoms. The van der Waals surface area contributed by atoms with Crippen molar-refractivity contribution in [2.75, 3.05) is 0 Å². The molecule has 0 saturated heterocycles. The molecule has 2 aliphatic rings. The summed E-state index contributed by atoms with van der Waals surface area (Å²) in [6.45, 7) is 12.8. The number of hydrogen-bond acceptors (Lipinski definition) is 1. The molecule has 0 radical (unpaired) electrons. The first kappa shape index (κ1) is 26.2. The minimum Gasteiger partial charge on any atom is -0.289 e. The average Bonchev–Trinajstić information content (AvgIpc) is 3.22. The van der Waals surface area contributed by atoms with E-state index in [1.807, 2.05) is 26.8 Å². The molecule has 0 heterocycles. The van der Waals surface area contributed by atoms with Gasteiger partial charge in [0.15, 0.2) is 5.78 Å². The minimum atomic E-state index is -0.0347. The molecule has 0 aliphatic heterocycles. The van der Waals surface area contributed by atoms with E-state index in [2.05, 4.69) is 87.5 Å². The van der Waals surface area contributed by atoms with Crippen LogP contribution in [0, 0.1) is 13.8 Å². The van der Waals surface area contributed by atoms with E-state index in [0.717, 1.165) is 33.4 Å².